The number of halogens is 4. The van der Waals surface area contributed by atoms with Crippen LogP contribution in [0.25, 0.3) is 10.9 Å². The van der Waals surface area contributed by atoms with Crippen molar-refractivity contribution >= 4 is 62.9 Å². The van der Waals surface area contributed by atoms with Gasteiger partial charge in [-0.05, 0) is 99.3 Å². The molecular weight excluding hydrogens is 781 g/mol. The highest BCUT2D eigenvalue weighted by Gasteiger charge is 2.35. The molecule has 4 saturated heterocycles. The first kappa shape index (κ1) is 39.5. The minimum Gasteiger partial charge on any atom is -0.371 e. The fraction of sp³-hybridized carbons (Fsp3) is 0.513. The summed E-state index contributed by atoms with van der Waals surface area (Å²) in [7, 11) is 0.127. The lowest BCUT2D eigenvalue weighted by molar-refractivity contribution is -0.137. The Morgan fingerprint density at radius 3 is 2.32 bits per heavy atom. The molecule has 3 amide bonds. The molecule has 13 nitrogen and oxygen atoms in total. The first-order valence-electron chi connectivity index (χ1n) is 19.6. The zero-order valence-electron chi connectivity index (χ0n) is 31.7. The van der Waals surface area contributed by atoms with Gasteiger partial charge in [0.2, 0.25) is 11.9 Å². The minimum atomic E-state index is -4.56. The van der Waals surface area contributed by atoms with E-state index in [1.165, 1.54) is 28.9 Å². The zero-order valence-corrected chi connectivity index (χ0v) is 33.3. The van der Waals surface area contributed by atoms with E-state index in [9.17, 15) is 27.0 Å². The molecule has 0 aliphatic carbocycles. The monoisotopic (exact) mass is 826 g/mol. The minimum absolute atomic E-state index is 0.0498. The molecule has 2 N–H and O–H groups in total. The van der Waals surface area contributed by atoms with Gasteiger partial charge in [0, 0.05) is 69.9 Å². The lowest BCUT2D eigenvalue weighted by Crippen LogP contribution is -2.49. The molecule has 4 aliphatic heterocycles. The van der Waals surface area contributed by atoms with Gasteiger partial charge < -0.3 is 15.1 Å². The highest BCUT2D eigenvalue weighted by Crippen LogP contribution is 2.37. The topological polar surface area (TPSA) is 132 Å². The lowest BCUT2D eigenvalue weighted by atomic mass is 9.88. The van der Waals surface area contributed by atoms with Crippen LogP contribution in [-0.4, -0.2) is 104 Å². The smallest absolute Gasteiger partial charge is 0.371 e. The van der Waals surface area contributed by atoms with Gasteiger partial charge in [0.1, 0.15) is 11.0 Å². The Balaban J connectivity index is 0.842. The summed E-state index contributed by atoms with van der Waals surface area (Å²) in [6.45, 7) is 5.37. The summed E-state index contributed by atoms with van der Waals surface area (Å²) in [4.78, 5) is 38.7. The molecule has 2 aromatic carbocycles. The maximum absolute atomic E-state index is 14.2. The molecule has 4 aromatic rings. The van der Waals surface area contributed by atoms with Crippen molar-refractivity contribution < 1.29 is 27.0 Å². The number of rotatable bonds is 9. The SMILES string of the molecule is Cn1nc(N2CCC(=O)NC2=O)c2ccc(C3CCN(CC4CCN(c5cc(S(=O)N6CCC(Nc7ncc(Cl)cn7)CC6)cc(C(F)(F)F)c5)CC4)CC3)cc21. The molecule has 4 fully saturated rings. The van der Waals surface area contributed by atoms with E-state index >= 15 is 0 Å². The molecule has 0 radical (unpaired) electrons. The van der Waals surface area contributed by atoms with Gasteiger partial charge >= 0.3 is 12.2 Å². The number of benzene rings is 2. The summed E-state index contributed by atoms with van der Waals surface area (Å²) in [5, 5.41) is 11.6. The zero-order chi connectivity index (χ0) is 39.8. The van der Waals surface area contributed by atoms with Gasteiger partial charge in [-0.25, -0.2) is 23.3 Å². The number of imide groups is 1. The van der Waals surface area contributed by atoms with Crippen LogP contribution in [0.2, 0.25) is 5.02 Å². The summed E-state index contributed by atoms with van der Waals surface area (Å²) >= 11 is 5.88. The second-order valence-electron chi connectivity index (χ2n) is 15.5. The number of anilines is 3. The third-order valence-electron chi connectivity index (χ3n) is 11.8. The van der Waals surface area contributed by atoms with Crippen molar-refractivity contribution in [2.24, 2.45) is 13.0 Å². The third kappa shape index (κ3) is 8.91. The van der Waals surface area contributed by atoms with Crippen molar-refractivity contribution in [3.8, 4) is 0 Å². The number of aromatic nitrogens is 4. The summed E-state index contributed by atoms with van der Waals surface area (Å²) in [6.07, 6.45) is 3.75. The number of nitrogens with zero attached hydrogens (tertiary/aromatic N) is 8. The van der Waals surface area contributed by atoms with E-state index in [1.807, 2.05) is 18.0 Å². The van der Waals surface area contributed by atoms with Gasteiger partial charge in [0.25, 0.3) is 0 Å². The molecule has 1 atom stereocenters. The number of amides is 3. The molecular formula is C39H46ClF3N10O3S. The molecule has 57 heavy (non-hydrogen) atoms. The van der Waals surface area contributed by atoms with Crippen LogP contribution in [0, 0.1) is 5.92 Å². The number of hydrogen-bond acceptors (Lipinski definition) is 9. The quantitative estimate of drug-likeness (QED) is 0.203. The number of piperidine rings is 3. The number of urea groups is 1. The number of carbonyl (C=O) groups is 2. The van der Waals surface area contributed by atoms with Crippen molar-refractivity contribution in [1.82, 2.24) is 34.3 Å². The number of hydrogen-bond donors (Lipinski definition) is 2. The van der Waals surface area contributed by atoms with Gasteiger partial charge in [-0.1, -0.05) is 17.7 Å². The van der Waals surface area contributed by atoms with E-state index in [2.05, 4.69) is 42.7 Å². The van der Waals surface area contributed by atoms with Crippen LogP contribution in [0.1, 0.15) is 62.0 Å². The van der Waals surface area contributed by atoms with Gasteiger partial charge in [-0.15, -0.1) is 0 Å². The Bertz CT molecular complexity index is 2130. The third-order valence-corrected chi connectivity index (χ3v) is 13.5. The van der Waals surface area contributed by atoms with E-state index in [1.54, 1.807) is 15.1 Å². The van der Waals surface area contributed by atoms with Crippen molar-refractivity contribution in [2.45, 2.75) is 68.0 Å². The predicted octanol–water partition coefficient (Wildman–Crippen LogP) is 6.18. The Morgan fingerprint density at radius 1 is 0.912 bits per heavy atom. The Hall–Kier alpha value is -4.32. The van der Waals surface area contributed by atoms with E-state index in [4.69, 9.17) is 11.6 Å². The number of nitrogens with one attached hydrogen (secondary N) is 2. The van der Waals surface area contributed by atoms with Gasteiger partial charge in [-0.2, -0.15) is 18.3 Å². The van der Waals surface area contributed by atoms with E-state index in [0.717, 1.165) is 62.3 Å². The average molecular weight is 827 g/mol. The highest BCUT2D eigenvalue weighted by molar-refractivity contribution is 7.82. The Morgan fingerprint density at radius 2 is 1.63 bits per heavy atom. The fourth-order valence-corrected chi connectivity index (χ4v) is 9.96. The molecule has 4 aliphatic rings. The summed E-state index contributed by atoms with van der Waals surface area (Å²) in [6, 6.07) is 9.84. The van der Waals surface area contributed by atoms with Crippen LogP contribution >= 0.6 is 11.6 Å². The highest BCUT2D eigenvalue weighted by atomic mass is 35.5. The fourth-order valence-electron chi connectivity index (χ4n) is 8.58. The second-order valence-corrected chi connectivity index (χ2v) is 17.4. The predicted molar refractivity (Wildman–Crippen MR) is 213 cm³/mol. The number of alkyl halides is 3. The van der Waals surface area contributed by atoms with Crippen LogP contribution in [0.4, 0.5) is 35.4 Å². The average Bonchev–Trinajstić information content (AvgIpc) is 3.53. The van der Waals surface area contributed by atoms with Crippen LogP contribution < -0.4 is 20.4 Å². The van der Waals surface area contributed by atoms with E-state index < -0.39 is 28.8 Å². The van der Waals surface area contributed by atoms with Crippen LogP contribution in [-0.2, 0) is 29.0 Å². The normalized spacial score (nSPS) is 20.6. The number of carbonyl (C=O) groups excluding carboxylic acids is 2. The van der Waals surface area contributed by atoms with Gasteiger partial charge in [-0.3, -0.25) is 19.7 Å². The van der Waals surface area contributed by atoms with Crippen LogP contribution in [0.3, 0.4) is 0 Å². The van der Waals surface area contributed by atoms with Crippen molar-refractivity contribution in [2.75, 3.05) is 67.5 Å². The standard InChI is InChI=1S/C39H46ClF3N10O3S/c1-49-34-18-27(2-3-33(34)36(48-49)53-17-10-35(54)47-38(53)55)26-6-11-50(12-7-26)24-25-4-13-51(14-5-25)31-19-28(39(41,42)43)20-32(21-31)57(56)52-15-8-30(9-16-52)46-37-44-22-29(40)23-45-37/h2-3,18-23,25-26,30H,4-17,24H2,1H3,(H,44,45,46)(H,47,54,55). The second kappa shape index (κ2) is 16.5. The first-order chi connectivity index (χ1) is 27.4. The van der Waals surface area contributed by atoms with Gasteiger partial charge in [0.15, 0.2) is 5.82 Å². The molecule has 6 heterocycles. The number of fused-ring (bicyclic) bond motifs is 1. The molecule has 304 valence electrons. The maximum atomic E-state index is 14.2. The Kier molecular flexibility index (Phi) is 11.4. The van der Waals surface area contributed by atoms with Crippen LogP contribution in [0.15, 0.2) is 53.7 Å². The first-order valence-corrected chi connectivity index (χ1v) is 21.0. The summed E-state index contributed by atoms with van der Waals surface area (Å²) in [5.74, 6) is 1.57. The largest absolute Gasteiger partial charge is 0.416 e. The molecule has 0 saturated carbocycles. The van der Waals surface area contributed by atoms with Crippen molar-refractivity contribution in [3.05, 3.63) is 64.9 Å². The molecule has 8 rings (SSSR count). The number of likely N-dealkylation sites (tertiary alicyclic amines) is 1. The van der Waals surface area contributed by atoms with Crippen molar-refractivity contribution in [3.63, 3.8) is 0 Å². The number of aryl methyl sites for hydroxylation is 1. The molecule has 0 spiro atoms. The van der Waals surface area contributed by atoms with E-state index in [-0.39, 0.29) is 23.3 Å². The van der Waals surface area contributed by atoms with Gasteiger partial charge in [0.05, 0.1) is 33.4 Å². The van der Waals surface area contributed by atoms with Crippen molar-refractivity contribution in [1.29, 1.82) is 0 Å². The van der Waals surface area contributed by atoms with E-state index in [0.29, 0.717) is 79.9 Å². The summed E-state index contributed by atoms with van der Waals surface area (Å²) in [5.41, 5.74) is 1.88. The molecule has 0 bridgehead atoms. The molecule has 1 unspecified atom stereocenters. The lowest BCUT2D eigenvalue weighted by Gasteiger charge is -2.38. The molecule has 18 heteroatoms. The summed E-state index contributed by atoms with van der Waals surface area (Å²) < 4.78 is 59.7. The molecule has 2 aromatic heterocycles. The van der Waals surface area contributed by atoms with Crippen LogP contribution in [0.5, 0.6) is 0 Å². The Labute approximate surface area is 336 Å². The maximum Gasteiger partial charge on any atom is 0.416 e.